The zero-order valence-corrected chi connectivity index (χ0v) is 6.44. The number of nitrogens with zero attached hydrogens (tertiary/aromatic N) is 2. The van der Waals surface area contributed by atoms with E-state index in [2.05, 4.69) is 10.2 Å². The van der Waals surface area contributed by atoms with Crippen LogP contribution in [0.3, 0.4) is 0 Å². The Morgan fingerprint density at radius 1 is 1.42 bits per heavy atom. The molecule has 4 heteroatoms. The first-order valence-corrected chi connectivity index (χ1v) is 3.50. The number of amides is 1. The molecular weight excluding hydrogens is 156 g/mol. The van der Waals surface area contributed by atoms with Gasteiger partial charge >= 0.3 is 5.91 Å². The average molecular weight is 162 g/mol. The number of hydrogen-bond donors (Lipinski definition) is 0. The highest BCUT2D eigenvalue weighted by molar-refractivity contribution is 6.21. The molecule has 4 nitrogen and oxygen atoms in total. The molecule has 2 heterocycles. The van der Waals surface area contributed by atoms with Crippen LogP contribution in [0, 0.1) is 0 Å². The fraction of sp³-hybridized carbons (Fsp3) is 0.125. The van der Waals surface area contributed by atoms with Crippen molar-refractivity contribution in [2.24, 2.45) is 10.2 Å². The first kappa shape index (κ1) is 6.97. The van der Waals surface area contributed by atoms with E-state index in [1.54, 1.807) is 19.1 Å². The van der Waals surface area contributed by atoms with Gasteiger partial charge in [-0.2, -0.15) is 5.11 Å². The minimum Gasteiger partial charge on any atom is -0.464 e. The standard InChI is InChI=1S/C8H6N2O2/c1-5-7(8(11)10-9-5)6-3-2-4-12-6/h2-4H,1H3. The molecule has 1 aromatic heterocycles. The summed E-state index contributed by atoms with van der Waals surface area (Å²) in [5, 5.41) is 7.06. The van der Waals surface area contributed by atoms with Gasteiger partial charge in [-0.15, -0.1) is 5.11 Å². The van der Waals surface area contributed by atoms with E-state index in [1.807, 2.05) is 0 Å². The molecule has 0 saturated carbocycles. The van der Waals surface area contributed by atoms with E-state index >= 15 is 0 Å². The molecule has 12 heavy (non-hydrogen) atoms. The molecule has 2 rings (SSSR count). The van der Waals surface area contributed by atoms with Gasteiger partial charge in [-0.1, -0.05) is 0 Å². The average Bonchev–Trinajstić information content (AvgIpc) is 2.61. The Kier molecular flexibility index (Phi) is 1.40. The molecule has 0 atom stereocenters. The third-order valence-electron chi connectivity index (χ3n) is 1.63. The number of hydrogen-bond acceptors (Lipinski definition) is 3. The predicted molar refractivity (Wildman–Crippen MR) is 41.2 cm³/mol. The summed E-state index contributed by atoms with van der Waals surface area (Å²) in [5.41, 5.74) is 1.06. The normalized spacial score (nSPS) is 16.2. The van der Waals surface area contributed by atoms with Gasteiger partial charge < -0.3 is 4.42 Å². The molecule has 0 radical (unpaired) electrons. The van der Waals surface area contributed by atoms with E-state index in [1.165, 1.54) is 6.26 Å². The Balaban J connectivity index is 2.50. The van der Waals surface area contributed by atoms with Crippen LogP contribution >= 0.6 is 0 Å². The molecule has 0 spiro atoms. The molecule has 0 fully saturated rings. The van der Waals surface area contributed by atoms with Crippen LogP contribution < -0.4 is 0 Å². The summed E-state index contributed by atoms with van der Waals surface area (Å²) < 4.78 is 5.06. The van der Waals surface area contributed by atoms with Crippen molar-refractivity contribution in [2.75, 3.05) is 0 Å². The van der Waals surface area contributed by atoms with Gasteiger partial charge in [-0.25, -0.2) is 0 Å². The topological polar surface area (TPSA) is 54.9 Å². The monoisotopic (exact) mass is 162 g/mol. The number of carbonyl (C=O) groups is 1. The Hall–Kier alpha value is -1.71. The summed E-state index contributed by atoms with van der Waals surface area (Å²) in [5.74, 6) is 0.199. The molecule has 1 aromatic rings. The van der Waals surface area contributed by atoms with Gasteiger partial charge in [0.2, 0.25) is 0 Å². The van der Waals surface area contributed by atoms with Crippen molar-refractivity contribution in [3.8, 4) is 0 Å². The van der Waals surface area contributed by atoms with Gasteiger partial charge in [0.15, 0.2) is 0 Å². The van der Waals surface area contributed by atoms with Gasteiger partial charge in [0.05, 0.1) is 12.0 Å². The van der Waals surface area contributed by atoms with Crippen LogP contribution in [0.4, 0.5) is 0 Å². The molecule has 1 amide bonds. The second-order valence-electron chi connectivity index (χ2n) is 2.44. The summed E-state index contributed by atoms with van der Waals surface area (Å²) >= 11 is 0. The molecule has 0 N–H and O–H groups in total. The highest BCUT2D eigenvalue weighted by Gasteiger charge is 2.22. The second kappa shape index (κ2) is 2.41. The third-order valence-corrected chi connectivity index (χ3v) is 1.63. The van der Waals surface area contributed by atoms with Crippen molar-refractivity contribution in [2.45, 2.75) is 6.92 Å². The maximum absolute atomic E-state index is 11.1. The van der Waals surface area contributed by atoms with Crippen LogP contribution in [0.2, 0.25) is 0 Å². The third kappa shape index (κ3) is 0.887. The molecular formula is C8H6N2O2. The Morgan fingerprint density at radius 3 is 2.75 bits per heavy atom. The molecule has 60 valence electrons. The summed E-state index contributed by atoms with van der Waals surface area (Å²) in [6.07, 6.45) is 1.52. The molecule has 0 aromatic carbocycles. The number of rotatable bonds is 1. The van der Waals surface area contributed by atoms with Gasteiger partial charge in [-0.3, -0.25) is 4.79 Å². The van der Waals surface area contributed by atoms with Gasteiger partial charge in [0, 0.05) is 0 Å². The van der Waals surface area contributed by atoms with Crippen molar-refractivity contribution in [3.05, 3.63) is 29.9 Å². The second-order valence-corrected chi connectivity index (χ2v) is 2.44. The summed E-state index contributed by atoms with van der Waals surface area (Å²) in [7, 11) is 0. The Morgan fingerprint density at radius 2 is 2.25 bits per heavy atom. The highest BCUT2D eigenvalue weighted by atomic mass is 16.3. The Bertz CT molecular complexity index is 374. The number of azo groups is 1. The van der Waals surface area contributed by atoms with Crippen LogP contribution in [0.5, 0.6) is 0 Å². The highest BCUT2D eigenvalue weighted by Crippen LogP contribution is 2.26. The maximum Gasteiger partial charge on any atom is 0.301 e. The maximum atomic E-state index is 11.1. The van der Waals surface area contributed by atoms with Gasteiger partial charge in [0.25, 0.3) is 0 Å². The fourth-order valence-electron chi connectivity index (χ4n) is 1.08. The van der Waals surface area contributed by atoms with Gasteiger partial charge in [-0.05, 0) is 19.1 Å². The first-order valence-electron chi connectivity index (χ1n) is 3.50. The molecule has 0 bridgehead atoms. The summed E-state index contributed by atoms with van der Waals surface area (Å²) in [6, 6.07) is 3.44. The van der Waals surface area contributed by atoms with E-state index in [0.717, 1.165) is 0 Å². The summed E-state index contributed by atoms with van der Waals surface area (Å²) in [4.78, 5) is 11.1. The lowest BCUT2D eigenvalue weighted by molar-refractivity contribution is -0.112. The number of furan rings is 1. The van der Waals surface area contributed by atoms with E-state index in [-0.39, 0.29) is 5.91 Å². The quantitative estimate of drug-likeness (QED) is 0.634. The molecule has 0 saturated heterocycles. The van der Waals surface area contributed by atoms with Crippen LogP contribution in [-0.2, 0) is 4.79 Å². The predicted octanol–water partition coefficient (Wildman–Crippen LogP) is 2.00. The molecule has 0 aliphatic carbocycles. The molecule has 1 aliphatic rings. The number of allylic oxidation sites excluding steroid dienone is 1. The Labute approximate surface area is 68.6 Å². The lowest BCUT2D eigenvalue weighted by Crippen LogP contribution is -1.92. The molecule has 0 unspecified atom stereocenters. The van der Waals surface area contributed by atoms with Crippen molar-refractivity contribution >= 4 is 11.5 Å². The van der Waals surface area contributed by atoms with Crippen molar-refractivity contribution in [3.63, 3.8) is 0 Å². The lowest BCUT2D eigenvalue weighted by Gasteiger charge is -1.92. The van der Waals surface area contributed by atoms with Crippen molar-refractivity contribution in [1.82, 2.24) is 0 Å². The van der Waals surface area contributed by atoms with Crippen LogP contribution in [0.1, 0.15) is 12.7 Å². The van der Waals surface area contributed by atoms with Crippen LogP contribution in [0.15, 0.2) is 38.7 Å². The van der Waals surface area contributed by atoms with Crippen LogP contribution in [-0.4, -0.2) is 5.91 Å². The van der Waals surface area contributed by atoms with Gasteiger partial charge in [0.1, 0.15) is 11.3 Å². The summed E-state index contributed by atoms with van der Waals surface area (Å²) in [6.45, 7) is 1.73. The van der Waals surface area contributed by atoms with E-state index in [0.29, 0.717) is 17.0 Å². The largest absolute Gasteiger partial charge is 0.464 e. The fourth-order valence-corrected chi connectivity index (χ4v) is 1.08. The smallest absolute Gasteiger partial charge is 0.301 e. The SMILES string of the molecule is CC1=C(c2ccco2)C(=O)N=N1. The van der Waals surface area contributed by atoms with E-state index < -0.39 is 0 Å². The zero-order valence-electron chi connectivity index (χ0n) is 6.44. The van der Waals surface area contributed by atoms with E-state index in [9.17, 15) is 4.79 Å². The minimum atomic E-state index is -0.331. The zero-order chi connectivity index (χ0) is 8.55. The van der Waals surface area contributed by atoms with Crippen LogP contribution in [0.25, 0.3) is 5.57 Å². The van der Waals surface area contributed by atoms with Crippen molar-refractivity contribution in [1.29, 1.82) is 0 Å². The first-order chi connectivity index (χ1) is 5.79. The van der Waals surface area contributed by atoms with E-state index in [4.69, 9.17) is 4.42 Å². The number of carbonyl (C=O) groups excluding carboxylic acids is 1. The minimum absolute atomic E-state index is 0.331. The molecule has 1 aliphatic heterocycles. The lowest BCUT2D eigenvalue weighted by atomic mass is 10.1. The van der Waals surface area contributed by atoms with Crippen molar-refractivity contribution < 1.29 is 9.21 Å².